The van der Waals surface area contributed by atoms with Gasteiger partial charge in [-0.25, -0.2) is 4.39 Å². The van der Waals surface area contributed by atoms with E-state index in [1.165, 1.54) is 24.4 Å². The Labute approximate surface area is 175 Å². The second-order valence-corrected chi connectivity index (χ2v) is 6.79. The van der Waals surface area contributed by atoms with Crippen LogP contribution in [0.2, 0.25) is 0 Å². The summed E-state index contributed by atoms with van der Waals surface area (Å²) in [5.74, 6) is 0.425. The maximum atomic E-state index is 14.3. The number of hydrogen-bond acceptors (Lipinski definition) is 4. The van der Waals surface area contributed by atoms with Gasteiger partial charge in [0.25, 0.3) is 0 Å². The predicted molar refractivity (Wildman–Crippen MR) is 114 cm³/mol. The molecule has 1 amide bonds. The van der Waals surface area contributed by atoms with Crippen molar-refractivity contribution in [3.8, 4) is 17.2 Å². The van der Waals surface area contributed by atoms with Gasteiger partial charge in [-0.3, -0.25) is 9.78 Å². The normalized spacial score (nSPS) is 11.9. The Bertz CT molecular complexity index is 1050. The predicted octanol–water partition coefficient (Wildman–Crippen LogP) is 5.22. The number of carbonyl (C=O) groups is 1. The number of benzene rings is 2. The van der Waals surface area contributed by atoms with Crippen molar-refractivity contribution in [1.29, 1.82) is 0 Å². The summed E-state index contributed by atoms with van der Waals surface area (Å²) in [7, 11) is 1.60. The molecule has 0 bridgehead atoms. The van der Waals surface area contributed by atoms with Crippen LogP contribution in [-0.4, -0.2) is 18.0 Å². The Kier molecular flexibility index (Phi) is 6.80. The lowest BCUT2D eigenvalue weighted by Gasteiger charge is -2.17. The first kappa shape index (κ1) is 21.0. The van der Waals surface area contributed by atoms with Crippen molar-refractivity contribution in [3.05, 3.63) is 89.5 Å². The standard InChI is InChI=1S/C24H23FN2O3/c1-16-6-9-22(29-3)20(13-16)17(2)27-24(28)11-8-18-7-10-23(21(25)14-18)30-19-5-4-12-26-15-19/h4-15,17H,1-3H3,(H,27,28)/b11-8+. The van der Waals surface area contributed by atoms with Gasteiger partial charge in [0.2, 0.25) is 5.91 Å². The molecule has 3 aromatic rings. The van der Waals surface area contributed by atoms with Gasteiger partial charge in [-0.2, -0.15) is 0 Å². The van der Waals surface area contributed by atoms with Crippen LogP contribution in [0.4, 0.5) is 4.39 Å². The van der Waals surface area contributed by atoms with Crippen molar-refractivity contribution in [2.75, 3.05) is 7.11 Å². The topological polar surface area (TPSA) is 60.5 Å². The third-order valence-electron chi connectivity index (χ3n) is 4.46. The number of aryl methyl sites for hydroxylation is 1. The molecule has 5 nitrogen and oxygen atoms in total. The molecule has 2 aromatic carbocycles. The molecule has 1 unspecified atom stereocenters. The van der Waals surface area contributed by atoms with Crippen molar-refractivity contribution < 1.29 is 18.7 Å². The number of aromatic nitrogens is 1. The van der Waals surface area contributed by atoms with E-state index in [0.717, 1.165) is 11.1 Å². The van der Waals surface area contributed by atoms with Crippen LogP contribution in [0.25, 0.3) is 6.08 Å². The fourth-order valence-corrected chi connectivity index (χ4v) is 2.94. The summed E-state index contributed by atoms with van der Waals surface area (Å²) in [5, 5.41) is 2.90. The fraction of sp³-hybridized carbons (Fsp3) is 0.167. The van der Waals surface area contributed by atoms with Crippen LogP contribution in [0.1, 0.15) is 29.7 Å². The molecule has 0 saturated carbocycles. The average molecular weight is 406 g/mol. The summed E-state index contributed by atoms with van der Waals surface area (Å²) in [5.41, 5.74) is 2.51. The molecular weight excluding hydrogens is 383 g/mol. The zero-order valence-electron chi connectivity index (χ0n) is 17.1. The number of halogens is 1. The summed E-state index contributed by atoms with van der Waals surface area (Å²) in [6.45, 7) is 3.86. The summed E-state index contributed by atoms with van der Waals surface area (Å²) in [4.78, 5) is 16.2. The second kappa shape index (κ2) is 9.69. The number of nitrogens with zero attached hydrogens (tertiary/aromatic N) is 1. The summed E-state index contributed by atoms with van der Waals surface area (Å²) in [6.07, 6.45) is 6.03. The van der Waals surface area contributed by atoms with Gasteiger partial charge < -0.3 is 14.8 Å². The van der Waals surface area contributed by atoms with Crippen molar-refractivity contribution >= 4 is 12.0 Å². The second-order valence-electron chi connectivity index (χ2n) is 6.79. The molecule has 1 atom stereocenters. The first-order valence-electron chi connectivity index (χ1n) is 9.47. The lowest BCUT2D eigenvalue weighted by Crippen LogP contribution is -2.25. The Morgan fingerprint density at radius 1 is 1.17 bits per heavy atom. The van der Waals surface area contributed by atoms with E-state index in [9.17, 15) is 9.18 Å². The monoisotopic (exact) mass is 406 g/mol. The number of rotatable bonds is 7. The van der Waals surface area contributed by atoms with Crippen molar-refractivity contribution in [3.63, 3.8) is 0 Å². The van der Waals surface area contributed by atoms with Gasteiger partial charge in [-0.15, -0.1) is 0 Å². The molecule has 0 aliphatic heterocycles. The van der Waals surface area contributed by atoms with Gasteiger partial charge in [0.05, 0.1) is 19.3 Å². The number of methoxy groups -OCH3 is 1. The minimum Gasteiger partial charge on any atom is -0.496 e. The smallest absolute Gasteiger partial charge is 0.244 e. The molecule has 3 rings (SSSR count). The average Bonchev–Trinajstić information content (AvgIpc) is 2.74. The van der Waals surface area contributed by atoms with Crippen LogP contribution in [0.15, 0.2) is 67.0 Å². The number of ether oxygens (including phenoxy) is 2. The molecule has 0 saturated heterocycles. The van der Waals surface area contributed by atoms with E-state index in [1.54, 1.807) is 37.6 Å². The van der Waals surface area contributed by atoms with E-state index < -0.39 is 5.82 Å². The van der Waals surface area contributed by atoms with E-state index in [0.29, 0.717) is 17.1 Å². The van der Waals surface area contributed by atoms with Gasteiger partial charge in [-0.1, -0.05) is 23.8 Å². The highest BCUT2D eigenvalue weighted by molar-refractivity contribution is 5.92. The van der Waals surface area contributed by atoms with E-state index in [-0.39, 0.29) is 17.7 Å². The highest BCUT2D eigenvalue weighted by atomic mass is 19.1. The van der Waals surface area contributed by atoms with Gasteiger partial charge in [0.15, 0.2) is 11.6 Å². The van der Waals surface area contributed by atoms with E-state index >= 15 is 0 Å². The largest absolute Gasteiger partial charge is 0.496 e. The Balaban J connectivity index is 1.65. The van der Waals surface area contributed by atoms with Crippen LogP contribution in [0, 0.1) is 12.7 Å². The lowest BCUT2D eigenvalue weighted by molar-refractivity contribution is -0.117. The molecule has 1 aromatic heterocycles. The maximum Gasteiger partial charge on any atom is 0.244 e. The molecule has 1 heterocycles. The van der Waals surface area contributed by atoms with Crippen molar-refractivity contribution in [2.45, 2.75) is 19.9 Å². The number of pyridine rings is 1. The fourth-order valence-electron chi connectivity index (χ4n) is 2.94. The van der Waals surface area contributed by atoms with Crippen LogP contribution in [0.3, 0.4) is 0 Å². The molecule has 0 radical (unpaired) electrons. The number of nitrogens with one attached hydrogen (secondary N) is 1. The van der Waals surface area contributed by atoms with Crippen molar-refractivity contribution in [2.24, 2.45) is 0 Å². The Hall–Kier alpha value is -3.67. The lowest BCUT2D eigenvalue weighted by atomic mass is 10.0. The molecule has 0 aliphatic rings. The third kappa shape index (κ3) is 5.44. The maximum absolute atomic E-state index is 14.3. The van der Waals surface area contributed by atoms with Crippen LogP contribution in [-0.2, 0) is 4.79 Å². The number of amides is 1. The van der Waals surface area contributed by atoms with Crippen LogP contribution < -0.4 is 14.8 Å². The van der Waals surface area contributed by atoms with Crippen LogP contribution in [0.5, 0.6) is 17.2 Å². The third-order valence-corrected chi connectivity index (χ3v) is 4.46. The summed E-state index contributed by atoms with van der Waals surface area (Å²) < 4.78 is 25.2. The molecule has 154 valence electrons. The summed E-state index contributed by atoms with van der Waals surface area (Å²) >= 11 is 0. The van der Waals surface area contributed by atoms with E-state index in [2.05, 4.69) is 10.3 Å². The summed E-state index contributed by atoms with van der Waals surface area (Å²) in [6, 6.07) is 13.4. The molecular formula is C24H23FN2O3. The van der Waals surface area contributed by atoms with E-state index in [1.807, 2.05) is 32.0 Å². The molecule has 0 fully saturated rings. The number of hydrogen-bond donors (Lipinski definition) is 1. The molecule has 1 N–H and O–H groups in total. The van der Waals surface area contributed by atoms with Gasteiger partial charge in [0.1, 0.15) is 11.5 Å². The first-order chi connectivity index (χ1) is 14.5. The molecule has 0 aliphatic carbocycles. The zero-order valence-corrected chi connectivity index (χ0v) is 17.1. The highest BCUT2D eigenvalue weighted by Crippen LogP contribution is 2.27. The minimum atomic E-state index is -0.528. The molecule has 0 spiro atoms. The minimum absolute atomic E-state index is 0.0877. The van der Waals surface area contributed by atoms with Crippen LogP contribution >= 0.6 is 0 Å². The quantitative estimate of drug-likeness (QED) is 0.547. The highest BCUT2D eigenvalue weighted by Gasteiger charge is 2.13. The Morgan fingerprint density at radius 2 is 1.97 bits per heavy atom. The SMILES string of the molecule is COc1ccc(C)cc1C(C)NC(=O)/C=C/c1ccc(Oc2cccnc2)c(F)c1. The van der Waals surface area contributed by atoms with Crippen molar-refractivity contribution in [1.82, 2.24) is 10.3 Å². The number of carbonyl (C=O) groups excluding carboxylic acids is 1. The van der Waals surface area contributed by atoms with Gasteiger partial charge in [0, 0.05) is 17.8 Å². The first-order valence-corrected chi connectivity index (χ1v) is 9.47. The van der Waals surface area contributed by atoms with E-state index in [4.69, 9.17) is 9.47 Å². The zero-order chi connectivity index (χ0) is 21.5. The van der Waals surface area contributed by atoms with Gasteiger partial charge >= 0.3 is 0 Å². The Morgan fingerprint density at radius 3 is 2.67 bits per heavy atom. The van der Waals surface area contributed by atoms with Gasteiger partial charge in [-0.05, 0) is 55.8 Å². The molecule has 6 heteroatoms. The molecule has 30 heavy (non-hydrogen) atoms.